The van der Waals surface area contributed by atoms with E-state index in [0.717, 1.165) is 12.5 Å². The van der Waals surface area contributed by atoms with Crippen LogP contribution in [-0.4, -0.2) is 37.1 Å². The van der Waals surface area contributed by atoms with Gasteiger partial charge in [-0.1, -0.05) is 33.6 Å². The van der Waals surface area contributed by atoms with Crippen molar-refractivity contribution in [3.05, 3.63) is 0 Å². The largest absolute Gasteiger partial charge is 0.313 e. The second-order valence-electron chi connectivity index (χ2n) is 5.22. The maximum Gasteiger partial charge on any atom is 0.0194 e. The number of likely N-dealkylation sites (tertiary alicyclic amines) is 1. The number of nitrogens with one attached hydrogen (secondary N) is 1. The van der Waals surface area contributed by atoms with Crippen LogP contribution in [0.15, 0.2) is 0 Å². The highest BCUT2D eigenvalue weighted by Gasteiger charge is 2.20. The van der Waals surface area contributed by atoms with E-state index in [9.17, 15) is 0 Å². The molecule has 1 rings (SSSR count). The molecule has 0 radical (unpaired) electrons. The topological polar surface area (TPSA) is 15.3 Å². The lowest BCUT2D eigenvalue weighted by atomic mass is 9.95. The summed E-state index contributed by atoms with van der Waals surface area (Å²) in [6, 6.07) is 0.714. The van der Waals surface area contributed by atoms with Crippen LogP contribution in [0, 0.1) is 5.92 Å². The average molecular weight is 226 g/mol. The molecule has 2 atom stereocenters. The zero-order valence-electron chi connectivity index (χ0n) is 11.5. The molecule has 0 bridgehead atoms. The normalized spacial score (nSPS) is 24.6. The first-order chi connectivity index (χ1) is 7.80. The van der Waals surface area contributed by atoms with Crippen molar-refractivity contribution in [2.24, 2.45) is 5.92 Å². The van der Waals surface area contributed by atoms with E-state index < -0.39 is 0 Å². The second kappa shape index (κ2) is 8.08. The van der Waals surface area contributed by atoms with Crippen LogP contribution in [-0.2, 0) is 0 Å². The fourth-order valence-corrected chi connectivity index (χ4v) is 2.86. The van der Waals surface area contributed by atoms with Crippen LogP contribution >= 0.6 is 0 Å². The van der Waals surface area contributed by atoms with Crippen molar-refractivity contribution in [3.63, 3.8) is 0 Å². The lowest BCUT2D eigenvalue weighted by molar-refractivity contribution is 0.154. The summed E-state index contributed by atoms with van der Waals surface area (Å²) in [5.41, 5.74) is 0. The van der Waals surface area contributed by atoms with Crippen LogP contribution in [0.2, 0.25) is 0 Å². The Bertz CT molecular complexity index is 164. The lowest BCUT2D eigenvalue weighted by Crippen LogP contribution is -2.45. The molecule has 0 aromatic carbocycles. The quantitative estimate of drug-likeness (QED) is 0.718. The third kappa shape index (κ3) is 4.84. The van der Waals surface area contributed by atoms with E-state index in [1.54, 1.807) is 0 Å². The minimum atomic E-state index is 0.714. The van der Waals surface area contributed by atoms with E-state index in [2.05, 4.69) is 31.0 Å². The smallest absolute Gasteiger partial charge is 0.0194 e. The fraction of sp³-hybridized carbons (Fsp3) is 1.00. The van der Waals surface area contributed by atoms with Gasteiger partial charge in [0.15, 0.2) is 0 Å². The van der Waals surface area contributed by atoms with Gasteiger partial charge in [-0.3, -0.25) is 0 Å². The van der Waals surface area contributed by atoms with Gasteiger partial charge in [0.05, 0.1) is 0 Å². The number of rotatable bonds is 7. The van der Waals surface area contributed by atoms with Crippen LogP contribution < -0.4 is 5.32 Å². The Labute approximate surface area is 102 Å². The summed E-state index contributed by atoms with van der Waals surface area (Å²) in [7, 11) is 0. The summed E-state index contributed by atoms with van der Waals surface area (Å²) in [5.74, 6) is 0.956. The molecule has 1 aliphatic rings. The predicted molar refractivity (Wildman–Crippen MR) is 71.8 cm³/mol. The first kappa shape index (κ1) is 14.0. The Morgan fingerprint density at radius 1 is 1.31 bits per heavy atom. The number of likely N-dealkylation sites (N-methyl/N-ethyl adjacent to an activating group) is 1. The Morgan fingerprint density at radius 3 is 2.75 bits per heavy atom. The Hall–Kier alpha value is -0.0800. The van der Waals surface area contributed by atoms with E-state index in [0.29, 0.717) is 6.04 Å². The maximum absolute atomic E-state index is 3.62. The van der Waals surface area contributed by atoms with Crippen molar-refractivity contribution in [1.82, 2.24) is 10.2 Å². The van der Waals surface area contributed by atoms with Gasteiger partial charge in [0.25, 0.3) is 0 Å². The zero-order valence-corrected chi connectivity index (χ0v) is 11.5. The first-order valence-corrected chi connectivity index (χ1v) is 7.25. The Balaban J connectivity index is 2.31. The molecule has 2 heteroatoms. The van der Waals surface area contributed by atoms with Crippen molar-refractivity contribution < 1.29 is 0 Å². The molecule has 1 N–H and O–H groups in total. The zero-order chi connectivity index (χ0) is 11.8. The Morgan fingerprint density at radius 2 is 2.12 bits per heavy atom. The van der Waals surface area contributed by atoms with Crippen LogP contribution in [0.5, 0.6) is 0 Å². The van der Waals surface area contributed by atoms with Gasteiger partial charge >= 0.3 is 0 Å². The molecule has 2 unspecified atom stereocenters. The summed E-state index contributed by atoms with van der Waals surface area (Å²) in [6.45, 7) is 11.9. The molecule has 0 amide bonds. The molecule has 16 heavy (non-hydrogen) atoms. The van der Waals surface area contributed by atoms with Crippen LogP contribution in [0.1, 0.15) is 52.9 Å². The van der Waals surface area contributed by atoms with Crippen molar-refractivity contribution in [3.8, 4) is 0 Å². The molecule has 0 aliphatic carbocycles. The molecule has 0 saturated carbocycles. The third-order valence-electron chi connectivity index (χ3n) is 3.79. The van der Waals surface area contributed by atoms with Crippen molar-refractivity contribution in [2.45, 2.75) is 58.9 Å². The van der Waals surface area contributed by atoms with Gasteiger partial charge < -0.3 is 10.2 Å². The number of hydrogen-bond acceptors (Lipinski definition) is 2. The summed E-state index contributed by atoms with van der Waals surface area (Å²) in [6.07, 6.45) is 6.83. The standard InChI is InChI=1S/C14H30N2/c1-4-8-14(15-6-3)12-16-10-7-9-13(5-2)11-16/h13-15H,4-12H2,1-3H3. The summed E-state index contributed by atoms with van der Waals surface area (Å²) in [5, 5.41) is 3.62. The molecule has 0 aromatic rings. The molecule has 1 fully saturated rings. The highest BCUT2D eigenvalue weighted by Crippen LogP contribution is 2.19. The highest BCUT2D eigenvalue weighted by atomic mass is 15.2. The fourth-order valence-electron chi connectivity index (χ4n) is 2.86. The number of nitrogens with zero attached hydrogens (tertiary/aromatic N) is 1. The van der Waals surface area contributed by atoms with E-state index >= 15 is 0 Å². The van der Waals surface area contributed by atoms with Gasteiger partial charge in [-0.15, -0.1) is 0 Å². The predicted octanol–water partition coefficient (Wildman–Crippen LogP) is 2.89. The molecule has 2 nitrogen and oxygen atoms in total. The van der Waals surface area contributed by atoms with Crippen LogP contribution in [0.25, 0.3) is 0 Å². The second-order valence-corrected chi connectivity index (χ2v) is 5.22. The minimum Gasteiger partial charge on any atom is -0.313 e. The first-order valence-electron chi connectivity index (χ1n) is 7.25. The van der Waals surface area contributed by atoms with Gasteiger partial charge in [0.1, 0.15) is 0 Å². The summed E-state index contributed by atoms with van der Waals surface area (Å²) >= 11 is 0. The maximum atomic E-state index is 3.62. The monoisotopic (exact) mass is 226 g/mol. The molecule has 0 spiro atoms. The van der Waals surface area contributed by atoms with Gasteiger partial charge in [-0.25, -0.2) is 0 Å². The van der Waals surface area contributed by atoms with Gasteiger partial charge in [0, 0.05) is 19.1 Å². The van der Waals surface area contributed by atoms with Gasteiger partial charge in [0.2, 0.25) is 0 Å². The van der Waals surface area contributed by atoms with Gasteiger partial charge in [-0.2, -0.15) is 0 Å². The van der Waals surface area contributed by atoms with Crippen molar-refractivity contribution in [1.29, 1.82) is 0 Å². The van der Waals surface area contributed by atoms with E-state index in [1.807, 2.05) is 0 Å². The lowest BCUT2D eigenvalue weighted by Gasteiger charge is -2.34. The van der Waals surface area contributed by atoms with Crippen LogP contribution in [0.4, 0.5) is 0 Å². The SMILES string of the molecule is CCCC(CN1CCCC(CC)C1)NCC. The molecular formula is C14H30N2. The summed E-state index contributed by atoms with van der Waals surface area (Å²) in [4.78, 5) is 2.68. The highest BCUT2D eigenvalue weighted by molar-refractivity contribution is 4.77. The van der Waals surface area contributed by atoms with E-state index in [4.69, 9.17) is 0 Å². The minimum absolute atomic E-state index is 0.714. The van der Waals surface area contributed by atoms with Crippen LogP contribution in [0.3, 0.4) is 0 Å². The van der Waals surface area contributed by atoms with E-state index in [-0.39, 0.29) is 0 Å². The molecule has 0 aromatic heterocycles. The molecule has 96 valence electrons. The average Bonchev–Trinajstić information content (AvgIpc) is 2.30. The molecule has 1 heterocycles. The molecular weight excluding hydrogens is 196 g/mol. The van der Waals surface area contributed by atoms with Crippen molar-refractivity contribution in [2.75, 3.05) is 26.2 Å². The number of piperidine rings is 1. The van der Waals surface area contributed by atoms with Gasteiger partial charge in [-0.05, 0) is 38.3 Å². The Kier molecular flexibility index (Phi) is 7.06. The molecule has 1 aliphatic heterocycles. The van der Waals surface area contributed by atoms with Crippen molar-refractivity contribution >= 4 is 0 Å². The van der Waals surface area contributed by atoms with E-state index in [1.165, 1.54) is 51.7 Å². The third-order valence-corrected chi connectivity index (χ3v) is 3.79. The number of hydrogen-bond donors (Lipinski definition) is 1. The summed E-state index contributed by atoms with van der Waals surface area (Å²) < 4.78 is 0. The molecule has 1 saturated heterocycles.